The minimum Gasteiger partial charge on any atom is -0.478 e. The summed E-state index contributed by atoms with van der Waals surface area (Å²) in [7, 11) is 0. The van der Waals surface area contributed by atoms with Crippen molar-refractivity contribution in [2.75, 3.05) is 13.1 Å². The van der Waals surface area contributed by atoms with Crippen LogP contribution < -0.4 is 5.32 Å². The molecular weight excluding hydrogens is 332 g/mol. The van der Waals surface area contributed by atoms with Crippen LogP contribution in [0.2, 0.25) is 0 Å². The quantitative estimate of drug-likeness (QED) is 0.881. The third kappa shape index (κ3) is 3.91. The van der Waals surface area contributed by atoms with Gasteiger partial charge < -0.3 is 15.3 Å². The number of carbonyl (C=O) groups excluding carboxylic acids is 2. The van der Waals surface area contributed by atoms with Crippen molar-refractivity contribution in [3.8, 4) is 0 Å². The number of carbonyl (C=O) groups is 3. The predicted octanol–water partition coefficient (Wildman–Crippen LogP) is 2.02. The number of rotatable bonds is 4. The molecule has 1 atom stereocenters. The van der Waals surface area contributed by atoms with Gasteiger partial charge in [0, 0.05) is 13.1 Å². The summed E-state index contributed by atoms with van der Waals surface area (Å²) in [5, 5.41) is 12.1. The fraction of sp³-hybridized carbons (Fsp3) is 0.250. The van der Waals surface area contributed by atoms with Crippen molar-refractivity contribution >= 4 is 17.8 Å². The minimum absolute atomic E-state index is 0.0139. The zero-order chi connectivity index (χ0) is 18.5. The van der Waals surface area contributed by atoms with Crippen molar-refractivity contribution in [2.45, 2.75) is 18.9 Å². The molecule has 6 nitrogen and oxygen atoms in total. The molecule has 0 saturated carbocycles. The summed E-state index contributed by atoms with van der Waals surface area (Å²) in [4.78, 5) is 38.0. The Kier molecular flexibility index (Phi) is 5.31. The zero-order valence-corrected chi connectivity index (χ0v) is 14.2. The van der Waals surface area contributed by atoms with E-state index in [2.05, 4.69) is 5.32 Å². The van der Waals surface area contributed by atoms with E-state index in [1.807, 2.05) is 30.3 Å². The highest BCUT2D eigenvalue weighted by Gasteiger charge is 2.30. The van der Waals surface area contributed by atoms with Crippen LogP contribution in [0.1, 0.15) is 33.9 Å². The smallest absolute Gasteiger partial charge is 0.335 e. The number of nitrogens with one attached hydrogen (secondary N) is 1. The molecule has 6 heteroatoms. The van der Waals surface area contributed by atoms with E-state index in [0.29, 0.717) is 18.7 Å². The molecular formula is C20H20N2O4. The standard InChI is InChI=1S/C20H20N2O4/c23-18-13-17(14-6-2-1-3-7-14)22(11-10-21-18)19(24)12-15-8-4-5-9-16(15)20(25)26/h1-9,17H,10-13H2,(H,21,23)(H,25,26). The van der Waals surface area contributed by atoms with Gasteiger partial charge in [-0.15, -0.1) is 0 Å². The lowest BCUT2D eigenvalue weighted by Gasteiger charge is -2.30. The Bertz CT molecular complexity index is 820. The first kappa shape index (κ1) is 17.7. The minimum atomic E-state index is -1.05. The third-order valence-corrected chi connectivity index (χ3v) is 4.52. The van der Waals surface area contributed by atoms with Crippen LogP contribution in [0, 0.1) is 0 Å². The van der Waals surface area contributed by atoms with Crippen LogP contribution in [0.5, 0.6) is 0 Å². The van der Waals surface area contributed by atoms with Crippen LogP contribution in [-0.4, -0.2) is 40.9 Å². The molecule has 2 amide bonds. The molecule has 0 bridgehead atoms. The van der Waals surface area contributed by atoms with E-state index in [4.69, 9.17) is 0 Å². The van der Waals surface area contributed by atoms with Crippen LogP contribution in [0.15, 0.2) is 54.6 Å². The van der Waals surface area contributed by atoms with Crippen LogP contribution in [0.3, 0.4) is 0 Å². The molecule has 0 aliphatic carbocycles. The van der Waals surface area contributed by atoms with Gasteiger partial charge in [0.25, 0.3) is 0 Å². The maximum atomic E-state index is 13.0. The van der Waals surface area contributed by atoms with E-state index >= 15 is 0 Å². The van der Waals surface area contributed by atoms with Gasteiger partial charge in [0.15, 0.2) is 0 Å². The van der Waals surface area contributed by atoms with Crippen molar-refractivity contribution < 1.29 is 19.5 Å². The molecule has 0 radical (unpaired) electrons. The Hall–Kier alpha value is -3.15. The average Bonchev–Trinajstić information content (AvgIpc) is 2.84. The Balaban J connectivity index is 1.88. The number of aromatic carboxylic acids is 1. The highest BCUT2D eigenvalue weighted by atomic mass is 16.4. The average molecular weight is 352 g/mol. The number of amides is 2. The van der Waals surface area contributed by atoms with Crippen LogP contribution in [-0.2, 0) is 16.0 Å². The first-order chi connectivity index (χ1) is 12.6. The fourth-order valence-electron chi connectivity index (χ4n) is 3.25. The molecule has 1 saturated heterocycles. The third-order valence-electron chi connectivity index (χ3n) is 4.52. The van der Waals surface area contributed by atoms with E-state index in [1.54, 1.807) is 23.1 Å². The first-order valence-electron chi connectivity index (χ1n) is 8.48. The summed E-state index contributed by atoms with van der Waals surface area (Å²) in [5.41, 5.74) is 1.49. The van der Waals surface area contributed by atoms with Gasteiger partial charge in [0.2, 0.25) is 11.8 Å². The largest absolute Gasteiger partial charge is 0.478 e. The Morgan fingerprint density at radius 2 is 1.77 bits per heavy atom. The maximum absolute atomic E-state index is 13.0. The van der Waals surface area contributed by atoms with Gasteiger partial charge in [-0.25, -0.2) is 4.79 Å². The highest BCUT2D eigenvalue weighted by molar-refractivity contribution is 5.92. The molecule has 0 spiro atoms. The van der Waals surface area contributed by atoms with Crippen LogP contribution >= 0.6 is 0 Å². The van der Waals surface area contributed by atoms with E-state index in [1.165, 1.54) is 6.07 Å². The topological polar surface area (TPSA) is 86.7 Å². The second-order valence-corrected chi connectivity index (χ2v) is 6.21. The molecule has 26 heavy (non-hydrogen) atoms. The lowest BCUT2D eigenvalue weighted by Crippen LogP contribution is -2.37. The lowest BCUT2D eigenvalue weighted by molar-refractivity contribution is -0.133. The molecule has 3 rings (SSSR count). The van der Waals surface area contributed by atoms with Crippen molar-refractivity contribution in [3.63, 3.8) is 0 Å². The van der Waals surface area contributed by atoms with E-state index in [9.17, 15) is 19.5 Å². The van der Waals surface area contributed by atoms with Crippen molar-refractivity contribution in [1.82, 2.24) is 10.2 Å². The summed E-state index contributed by atoms with van der Waals surface area (Å²) in [6, 6.07) is 15.6. The molecule has 134 valence electrons. The van der Waals surface area contributed by atoms with Gasteiger partial charge in [0.05, 0.1) is 24.4 Å². The van der Waals surface area contributed by atoms with Crippen molar-refractivity contribution in [3.05, 3.63) is 71.3 Å². The number of carboxylic acids is 1. The number of carboxylic acid groups (broad SMARTS) is 1. The van der Waals surface area contributed by atoms with Gasteiger partial charge in [-0.05, 0) is 17.2 Å². The lowest BCUT2D eigenvalue weighted by atomic mass is 9.99. The molecule has 1 unspecified atom stereocenters. The van der Waals surface area contributed by atoms with Gasteiger partial charge in [0.1, 0.15) is 0 Å². The second kappa shape index (κ2) is 7.82. The molecule has 2 aromatic rings. The Morgan fingerprint density at radius 1 is 1.08 bits per heavy atom. The number of hydrogen-bond donors (Lipinski definition) is 2. The van der Waals surface area contributed by atoms with E-state index in [0.717, 1.165) is 5.56 Å². The zero-order valence-electron chi connectivity index (χ0n) is 14.2. The first-order valence-corrected chi connectivity index (χ1v) is 8.48. The summed E-state index contributed by atoms with van der Waals surface area (Å²) < 4.78 is 0. The summed E-state index contributed by atoms with van der Waals surface area (Å²) in [6.45, 7) is 0.772. The fourth-order valence-corrected chi connectivity index (χ4v) is 3.25. The second-order valence-electron chi connectivity index (χ2n) is 6.21. The highest BCUT2D eigenvalue weighted by Crippen LogP contribution is 2.26. The molecule has 0 aromatic heterocycles. The summed E-state index contributed by atoms with van der Waals surface area (Å²) >= 11 is 0. The van der Waals surface area contributed by atoms with Crippen LogP contribution in [0.25, 0.3) is 0 Å². The van der Waals surface area contributed by atoms with Gasteiger partial charge in [-0.1, -0.05) is 48.5 Å². The molecule has 1 heterocycles. The van der Waals surface area contributed by atoms with Crippen LogP contribution in [0.4, 0.5) is 0 Å². The Labute approximate surface area is 151 Å². The molecule has 2 aromatic carbocycles. The molecule has 1 fully saturated rings. The SMILES string of the molecule is O=C1CC(c2ccccc2)N(C(=O)Cc2ccccc2C(=O)O)CCN1. The monoisotopic (exact) mass is 352 g/mol. The predicted molar refractivity (Wildman–Crippen MR) is 95.6 cm³/mol. The molecule has 1 aliphatic heterocycles. The van der Waals surface area contributed by atoms with Crippen molar-refractivity contribution in [1.29, 1.82) is 0 Å². The van der Waals surface area contributed by atoms with Gasteiger partial charge in [-0.2, -0.15) is 0 Å². The maximum Gasteiger partial charge on any atom is 0.335 e. The normalized spacial score (nSPS) is 17.3. The molecule has 1 aliphatic rings. The van der Waals surface area contributed by atoms with Crippen molar-refractivity contribution in [2.24, 2.45) is 0 Å². The van der Waals surface area contributed by atoms with Gasteiger partial charge in [-0.3, -0.25) is 9.59 Å². The number of hydrogen-bond acceptors (Lipinski definition) is 3. The van der Waals surface area contributed by atoms with E-state index < -0.39 is 5.97 Å². The number of nitrogens with zero attached hydrogens (tertiary/aromatic N) is 1. The summed E-state index contributed by atoms with van der Waals surface area (Å²) in [6.07, 6.45) is 0.177. The Morgan fingerprint density at radius 3 is 2.50 bits per heavy atom. The van der Waals surface area contributed by atoms with Gasteiger partial charge >= 0.3 is 5.97 Å². The summed E-state index contributed by atoms with van der Waals surface area (Å²) in [5.74, 6) is -1.34. The van der Waals surface area contributed by atoms with E-state index in [-0.39, 0.29) is 36.3 Å². The molecule has 2 N–H and O–H groups in total. The number of benzene rings is 2.